The summed E-state index contributed by atoms with van der Waals surface area (Å²) in [5.74, 6) is 0. The molecule has 0 saturated heterocycles. The van der Waals surface area contributed by atoms with E-state index in [9.17, 15) is 0 Å². The van der Waals surface area contributed by atoms with Crippen molar-refractivity contribution in [2.45, 2.75) is 31.1 Å². The minimum absolute atomic E-state index is 1.04. The van der Waals surface area contributed by atoms with Crippen LogP contribution in [-0.2, 0) is 6.42 Å². The Kier molecular flexibility index (Phi) is 5.06. The van der Waals surface area contributed by atoms with Crippen LogP contribution in [0.3, 0.4) is 0 Å². The zero-order valence-electron chi connectivity index (χ0n) is 11.1. The van der Waals surface area contributed by atoms with Crippen LogP contribution in [0.5, 0.6) is 0 Å². The van der Waals surface area contributed by atoms with Crippen molar-refractivity contribution in [2.75, 3.05) is 0 Å². The lowest BCUT2D eigenvalue weighted by molar-refractivity contribution is 0.786. The molecule has 0 bridgehead atoms. The highest BCUT2D eigenvalue weighted by Gasteiger charge is 2.10. The summed E-state index contributed by atoms with van der Waals surface area (Å²) in [5, 5.41) is 11.3. The van der Waals surface area contributed by atoms with Crippen LogP contribution in [0.2, 0.25) is 0 Å². The molecule has 0 fully saturated rings. The molecule has 0 atom stereocenters. The predicted octanol–water partition coefficient (Wildman–Crippen LogP) is 5.27. The fourth-order valence-corrected chi connectivity index (χ4v) is 2.85. The van der Waals surface area contributed by atoms with Gasteiger partial charge in [0, 0.05) is 4.90 Å². The molecule has 2 aromatic carbocycles. The second-order valence-electron chi connectivity index (χ2n) is 4.46. The van der Waals surface area contributed by atoms with Crippen molar-refractivity contribution >= 4 is 11.8 Å². The van der Waals surface area contributed by atoms with Crippen LogP contribution >= 0.6 is 11.8 Å². The summed E-state index contributed by atoms with van der Waals surface area (Å²) in [4.78, 5) is 1.12. The van der Waals surface area contributed by atoms with Crippen LogP contribution in [0.1, 0.15) is 25.3 Å². The molecule has 1 nitrogen and oxygen atoms in total. The number of rotatable bonds is 5. The van der Waals surface area contributed by atoms with E-state index in [2.05, 4.69) is 42.7 Å². The van der Waals surface area contributed by atoms with Gasteiger partial charge < -0.3 is 0 Å². The normalized spacial score (nSPS) is 10.1. The monoisotopic (exact) mass is 267 g/mol. The molecule has 0 aliphatic heterocycles. The van der Waals surface area contributed by atoms with Gasteiger partial charge in [0.1, 0.15) is 5.40 Å². The van der Waals surface area contributed by atoms with E-state index in [1.165, 1.54) is 34.9 Å². The van der Waals surface area contributed by atoms with E-state index < -0.39 is 0 Å². The van der Waals surface area contributed by atoms with Crippen molar-refractivity contribution in [3.05, 3.63) is 54.1 Å². The third-order valence-electron chi connectivity index (χ3n) is 3.13. The lowest BCUT2D eigenvalue weighted by Crippen LogP contribution is -1.91. The third kappa shape index (κ3) is 3.39. The molecule has 0 spiro atoms. The molecule has 0 aliphatic rings. The number of hydrogen-bond acceptors (Lipinski definition) is 2. The van der Waals surface area contributed by atoms with Crippen molar-refractivity contribution in [1.29, 1.82) is 5.26 Å². The van der Waals surface area contributed by atoms with Gasteiger partial charge in [0.25, 0.3) is 0 Å². The van der Waals surface area contributed by atoms with Crippen molar-refractivity contribution in [1.82, 2.24) is 0 Å². The van der Waals surface area contributed by atoms with Gasteiger partial charge in [0.15, 0.2) is 0 Å². The van der Waals surface area contributed by atoms with E-state index in [0.717, 1.165) is 17.7 Å². The smallest absolute Gasteiger partial charge is 0.138 e. The first-order chi connectivity index (χ1) is 9.36. The van der Waals surface area contributed by atoms with Gasteiger partial charge in [0.05, 0.1) is 0 Å². The first kappa shape index (κ1) is 13.7. The van der Waals surface area contributed by atoms with Gasteiger partial charge in [-0.1, -0.05) is 61.9 Å². The van der Waals surface area contributed by atoms with Crippen molar-refractivity contribution in [3.63, 3.8) is 0 Å². The van der Waals surface area contributed by atoms with Gasteiger partial charge in [-0.15, -0.1) is 0 Å². The zero-order valence-corrected chi connectivity index (χ0v) is 11.9. The lowest BCUT2D eigenvalue weighted by atomic mass is 10.0. The lowest BCUT2D eigenvalue weighted by Gasteiger charge is -2.11. The van der Waals surface area contributed by atoms with E-state index >= 15 is 0 Å². The van der Waals surface area contributed by atoms with E-state index in [1.807, 2.05) is 18.2 Å². The van der Waals surface area contributed by atoms with Crippen molar-refractivity contribution < 1.29 is 0 Å². The molecule has 0 aromatic heterocycles. The molecule has 0 radical (unpaired) electrons. The standard InChI is InChI=1S/C17H17NS/c1-2-3-8-15-11-7-12-16(17(15)19-13-18)14-9-5-4-6-10-14/h4-7,9-12H,2-3,8H2,1H3. The van der Waals surface area contributed by atoms with Crippen LogP contribution in [0.15, 0.2) is 53.4 Å². The number of nitriles is 1. The Balaban J connectivity index is 2.46. The van der Waals surface area contributed by atoms with Crippen LogP contribution in [0.4, 0.5) is 0 Å². The molecule has 96 valence electrons. The highest BCUT2D eigenvalue weighted by Crippen LogP contribution is 2.34. The second-order valence-corrected chi connectivity index (χ2v) is 5.25. The number of thioether (sulfide) groups is 1. The Hall–Kier alpha value is -1.72. The predicted molar refractivity (Wildman–Crippen MR) is 82.0 cm³/mol. The van der Waals surface area contributed by atoms with E-state index in [1.54, 1.807) is 0 Å². The molecule has 0 amide bonds. The Morgan fingerprint density at radius 1 is 1.05 bits per heavy atom. The van der Waals surface area contributed by atoms with Gasteiger partial charge in [-0.25, -0.2) is 0 Å². The molecule has 2 rings (SSSR count). The van der Waals surface area contributed by atoms with Crippen molar-refractivity contribution in [2.24, 2.45) is 0 Å². The Bertz CT molecular complexity index is 570. The van der Waals surface area contributed by atoms with Gasteiger partial charge >= 0.3 is 0 Å². The first-order valence-corrected chi connectivity index (χ1v) is 7.41. The largest absolute Gasteiger partial charge is 0.185 e. The SMILES string of the molecule is CCCCc1cccc(-c2ccccc2)c1SC#N. The number of nitrogens with zero attached hydrogens (tertiary/aromatic N) is 1. The highest BCUT2D eigenvalue weighted by atomic mass is 32.2. The summed E-state index contributed by atoms with van der Waals surface area (Å²) in [7, 11) is 0. The molecule has 0 N–H and O–H groups in total. The summed E-state index contributed by atoms with van der Waals surface area (Å²) in [5.41, 5.74) is 3.63. The summed E-state index contributed by atoms with van der Waals surface area (Å²) in [6, 6.07) is 16.6. The summed E-state index contributed by atoms with van der Waals surface area (Å²) >= 11 is 1.28. The molecule has 19 heavy (non-hydrogen) atoms. The second kappa shape index (κ2) is 7.01. The van der Waals surface area contributed by atoms with Gasteiger partial charge in [-0.3, -0.25) is 0 Å². The molecular formula is C17H17NS. The highest BCUT2D eigenvalue weighted by molar-refractivity contribution is 8.03. The minimum atomic E-state index is 1.04. The zero-order chi connectivity index (χ0) is 13.5. The van der Waals surface area contributed by atoms with Gasteiger partial charge in [-0.2, -0.15) is 5.26 Å². The van der Waals surface area contributed by atoms with Crippen molar-refractivity contribution in [3.8, 4) is 16.5 Å². The Morgan fingerprint density at radius 3 is 2.53 bits per heavy atom. The van der Waals surface area contributed by atoms with Crippen LogP contribution < -0.4 is 0 Å². The fraction of sp³-hybridized carbons (Fsp3) is 0.235. The molecule has 2 heteroatoms. The Labute approximate surface area is 119 Å². The molecule has 0 aliphatic carbocycles. The fourth-order valence-electron chi connectivity index (χ4n) is 2.16. The maximum absolute atomic E-state index is 9.05. The average molecular weight is 267 g/mol. The summed E-state index contributed by atoms with van der Waals surface area (Å²) < 4.78 is 0. The van der Waals surface area contributed by atoms with E-state index in [0.29, 0.717) is 0 Å². The third-order valence-corrected chi connectivity index (χ3v) is 3.91. The maximum atomic E-state index is 9.05. The number of unbranched alkanes of at least 4 members (excludes halogenated alkanes) is 1. The van der Waals surface area contributed by atoms with Gasteiger partial charge in [-0.05, 0) is 41.3 Å². The summed E-state index contributed by atoms with van der Waals surface area (Å²) in [6.07, 6.45) is 3.38. The number of benzene rings is 2. The van der Waals surface area contributed by atoms with Crippen LogP contribution in [-0.4, -0.2) is 0 Å². The molecule has 0 heterocycles. The molecular weight excluding hydrogens is 250 g/mol. The van der Waals surface area contributed by atoms with Crippen LogP contribution in [0.25, 0.3) is 11.1 Å². The quantitative estimate of drug-likeness (QED) is 0.544. The van der Waals surface area contributed by atoms with Gasteiger partial charge in [0.2, 0.25) is 0 Å². The molecule has 0 saturated carbocycles. The number of aryl methyl sites for hydroxylation is 1. The maximum Gasteiger partial charge on any atom is 0.138 e. The minimum Gasteiger partial charge on any atom is -0.185 e. The molecule has 2 aromatic rings. The number of hydrogen-bond donors (Lipinski definition) is 0. The van der Waals surface area contributed by atoms with Crippen LogP contribution in [0, 0.1) is 10.7 Å². The molecule has 0 unspecified atom stereocenters. The number of thiocyanates is 1. The topological polar surface area (TPSA) is 23.8 Å². The average Bonchev–Trinajstić information content (AvgIpc) is 2.47. The first-order valence-electron chi connectivity index (χ1n) is 6.60. The van der Waals surface area contributed by atoms with E-state index in [4.69, 9.17) is 5.26 Å². The summed E-state index contributed by atoms with van der Waals surface area (Å²) in [6.45, 7) is 2.19. The van der Waals surface area contributed by atoms with E-state index in [-0.39, 0.29) is 0 Å². The Morgan fingerprint density at radius 2 is 1.84 bits per heavy atom.